The van der Waals surface area contributed by atoms with Gasteiger partial charge in [0, 0.05) is 23.4 Å². The molecule has 1 unspecified atom stereocenters. The van der Waals surface area contributed by atoms with Gasteiger partial charge < -0.3 is 9.64 Å². The average molecular weight is 443 g/mol. The van der Waals surface area contributed by atoms with Crippen LogP contribution in [-0.4, -0.2) is 34.3 Å². The van der Waals surface area contributed by atoms with E-state index in [1.54, 1.807) is 7.11 Å². The van der Waals surface area contributed by atoms with Crippen LogP contribution in [0, 0.1) is 13.8 Å². The van der Waals surface area contributed by atoms with Crippen molar-refractivity contribution in [2.45, 2.75) is 65.8 Å². The van der Waals surface area contributed by atoms with Gasteiger partial charge in [-0.1, -0.05) is 36.8 Å². The molecule has 0 bridgehead atoms. The van der Waals surface area contributed by atoms with Crippen LogP contribution >= 0.6 is 0 Å². The highest BCUT2D eigenvalue weighted by Gasteiger charge is 2.29. The van der Waals surface area contributed by atoms with Gasteiger partial charge in [-0.25, -0.2) is 4.98 Å². The molecule has 1 atom stereocenters. The first-order valence-corrected chi connectivity index (χ1v) is 12.2. The molecule has 33 heavy (non-hydrogen) atoms. The summed E-state index contributed by atoms with van der Waals surface area (Å²) in [5, 5.41) is 5.11. The van der Waals surface area contributed by atoms with Crippen LogP contribution in [-0.2, 0) is 12.8 Å². The number of nitrogens with zero attached hydrogens (tertiary/aromatic N) is 4. The largest absolute Gasteiger partial charge is 0.497 e. The van der Waals surface area contributed by atoms with E-state index in [0.29, 0.717) is 6.04 Å². The third-order valence-corrected chi connectivity index (χ3v) is 7.04. The fourth-order valence-electron chi connectivity index (χ4n) is 5.38. The topological polar surface area (TPSA) is 42.7 Å². The molecule has 5 heteroatoms. The lowest BCUT2D eigenvalue weighted by Crippen LogP contribution is -2.37. The molecule has 5 rings (SSSR count). The van der Waals surface area contributed by atoms with Crippen LogP contribution in [0.5, 0.6) is 5.75 Å². The zero-order chi connectivity index (χ0) is 23.1. The van der Waals surface area contributed by atoms with Crippen molar-refractivity contribution in [3.63, 3.8) is 0 Å². The minimum absolute atomic E-state index is 0.347. The number of methoxy groups -OCH3 is 1. The van der Waals surface area contributed by atoms with Gasteiger partial charge in [-0.2, -0.15) is 9.61 Å². The Morgan fingerprint density at radius 3 is 2.73 bits per heavy atom. The molecule has 0 fully saturated rings. The summed E-state index contributed by atoms with van der Waals surface area (Å²) in [4.78, 5) is 7.79. The maximum absolute atomic E-state index is 5.44. The van der Waals surface area contributed by atoms with Crippen molar-refractivity contribution in [2.75, 3.05) is 18.6 Å². The van der Waals surface area contributed by atoms with Crippen molar-refractivity contribution in [3.05, 3.63) is 64.5 Å². The first kappa shape index (κ1) is 21.7. The second-order valence-corrected chi connectivity index (χ2v) is 9.39. The summed E-state index contributed by atoms with van der Waals surface area (Å²) >= 11 is 0. The lowest BCUT2D eigenvalue weighted by atomic mass is 10.00. The highest BCUT2D eigenvalue weighted by molar-refractivity contribution is 5.84. The molecule has 5 nitrogen and oxygen atoms in total. The molecule has 0 saturated carbocycles. The molecular weight excluding hydrogens is 408 g/mol. The molecule has 0 radical (unpaired) electrons. The van der Waals surface area contributed by atoms with Crippen molar-refractivity contribution >= 4 is 11.5 Å². The van der Waals surface area contributed by atoms with E-state index in [0.717, 1.165) is 61.3 Å². The standard InChI is InChI=1S/C28H34N4O/c1-6-16-31(21-12-10-18(2)11-13-21)28-24-8-7-9-25(24)29-27-26(20(4)30-32(27)28)23-15-14-22(33-5)17-19(23)3/h10-12,14-15,17,21H,6-9,13,16H2,1-5H3. The van der Waals surface area contributed by atoms with Gasteiger partial charge >= 0.3 is 0 Å². The summed E-state index contributed by atoms with van der Waals surface area (Å²) in [7, 11) is 1.71. The number of rotatable bonds is 6. The Morgan fingerprint density at radius 2 is 2.03 bits per heavy atom. The minimum Gasteiger partial charge on any atom is -0.497 e. The Bertz CT molecular complexity index is 1270. The van der Waals surface area contributed by atoms with Gasteiger partial charge in [-0.15, -0.1) is 0 Å². The molecular formula is C28H34N4O. The van der Waals surface area contributed by atoms with E-state index in [9.17, 15) is 0 Å². The van der Waals surface area contributed by atoms with E-state index in [4.69, 9.17) is 14.8 Å². The SMILES string of the molecule is CCCN(c1c2c(nc3c(-c4ccc(OC)cc4C)c(C)nn13)CCC2)C1C=CC(C)=CC1. The number of hydrogen-bond acceptors (Lipinski definition) is 4. The van der Waals surface area contributed by atoms with Gasteiger partial charge in [0.25, 0.3) is 0 Å². The maximum atomic E-state index is 5.44. The van der Waals surface area contributed by atoms with Crippen LogP contribution in [0.25, 0.3) is 16.8 Å². The molecule has 0 amide bonds. The minimum atomic E-state index is 0.347. The number of aromatic nitrogens is 3. The lowest BCUT2D eigenvalue weighted by molar-refractivity contribution is 0.414. The summed E-state index contributed by atoms with van der Waals surface area (Å²) < 4.78 is 7.59. The van der Waals surface area contributed by atoms with Crippen molar-refractivity contribution in [1.29, 1.82) is 0 Å². The predicted molar refractivity (Wildman–Crippen MR) is 135 cm³/mol. The predicted octanol–water partition coefficient (Wildman–Crippen LogP) is 6.00. The van der Waals surface area contributed by atoms with Crippen LogP contribution in [0.3, 0.4) is 0 Å². The summed E-state index contributed by atoms with van der Waals surface area (Å²) in [6.45, 7) is 9.70. The summed E-state index contributed by atoms with van der Waals surface area (Å²) in [5.41, 5.74) is 9.47. The van der Waals surface area contributed by atoms with Gasteiger partial charge in [0.05, 0.1) is 18.8 Å². The zero-order valence-electron chi connectivity index (χ0n) is 20.5. The number of anilines is 1. The number of aryl methyl sites for hydroxylation is 3. The number of ether oxygens (including phenoxy) is 1. The highest BCUT2D eigenvalue weighted by Crippen LogP contribution is 2.38. The molecule has 2 aliphatic carbocycles. The Morgan fingerprint density at radius 1 is 1.18 bits per heavy atom. The van der Waals surface area contributed by atoms with Crippen molar-refractivity contribution in [2.24, 2.45) is 0 Å². The fourth-order valence-corrected chi connectivity index (χ4v) is 5.38. The van der Waals surface area contributed by atoms with E-state index in [2.05, 4.69) is 67.5 Å². The van der Waals surface area contributed by atoms with E-state index in [1.807, 2.05) is 6.07 Å². The lowest BCUT2D eigenvalue weighted by Gasteiger charge is -2.34. The van der Waals surface area contributed by atoms with Gasteiger partial charge in [-0.3, -0.25) is 0 Å². The van der Waals surface area contributed by atoms with Crippen LogP contribution in [0.4, 0.5) is 5.82 Å². The number of hydrogen-bond donors (Lipinski definition) is 0. The molecule has 172 valence electrons. The van der Waals surface area contributed by atoms with Crippen molar-refractivity contribution < 1.29 is 4.74 Å². The quantitative estimate of drug-likeness (QED) is 0.469. The molecule has 0 N–H and O–H groups in total. The number of allylic oxidation sites excluding steroid dienone is 2. The molecule has 0 aliphatic heterocycles. The Kier molecular flexibility index (Phi) is 5.73. The molecule has 2 aliphatic rings. The molecule has 3 aromatic rings. The van der Waals surface area contributed by atoms with Crippen molar-refractivity contribution in [3.8, 4) is 16.9 Å². The highest BCUT2D eigenvalue weighted by atomic mass is 16.5. The monoisotopic (exact) mass is 442 g/mol. The molecule has 2 heterocycles. The molecule has 0 spiro atoms. The molecule has 0 saturated heterocycles. The van der Waals surface area contributed by atoms with E-state index in [1.165, 1.54) is 33.8 Å². The summed E-state index contributed by atoms with van der Waals surface area (Å²) in [6, 6.07) is 6.62. The molecule has 1 aromatic carbocycles. The second kappa shape index (κ2) is 8.69. The maximum Gasteiger partial charge on any atom is 0.165 e. The average Bonchev–Trinajstić information content (AvgIpc) is 3.40. The Balaban J connectivity index is 1.73. The van der Waals surface area contributed by atoms with Gasteiger partial charge in [0.15, 0.2) is 5.65 Å². The first-order valence-electron chi connectivity index (χ1n) is 12.2. The van der Waals surface area contributed by atoms with Crippen LogP contribution in [0.2, 0.25) is 0 Å². The van der Waals surface area contributed by atoms with E-state index in [-0.39, 0.29) is 0 Å². The number of fused-ring (bicyclic) bond motifs is 2. The van der Waals surface area contributed by atoms with Crippen molar-refractivity contribution in [1.82, 2.24) is 14.6 Å². The van der Waals surface area contributed by atoms with Crippen LogP contribution < -0.4 is 9.64 Å². The number of benzene rings is 1. The molecule has 2 aromatic heterocycles. The third kappa shape index (κ3) is 3.73. The summed E-state index contributed by atoms with van der Waals surface area (Å²) in [6.07, 6.45) is 12.4. The smallest absolute Gasteiger partial charge is 0.165 e. The second-order valence-electron chi connectivity index (χ2n) is 9.39. The fraction of sp³-hybridized carbons (Fsp3) is 0.429. The van der Waals surface area contributed by atoms with Crippen LogP contribution in [0.1, 0.15) is 55.6 Å². The third-order valence-electron chi connectivity index (χ3n) is 7.04. The summed E-state index contributed by atoms with van der Waals surface area (Å²) in [5.74, 6) is 2.12. The van der Waals surface area contributed by atoms with Crippen LogP contribution in [0.15, 0.2) is 42.0 Å². The van der Waals surface area contributed by atoms with Gasteiger partial charge in [0.2, 0.25) is 0 Å². The Hall–Kier alpha value is -3.08. The normalized spacial score (nSPS) is 17.4. The zero-order valence-corrected chi connectivity index (χ0v) is 20.5. The van der Waals surface area contributed by atoms with Gasteiger partial charge in [0.1, 0.15) is 11.6 Å². The van der Waals surface area contributed by atoms with E-state index < -0.39 is 0 Å². The Labute approximate surface area is 196 Å². The first-order chi connectivity index (χ1) is 16.0. The van der Waals surface area contributed by atoms with E-state index >= 15 is 0 Å². The van der Waals surface area contributed by atoms with Gasteiger partial charge in [-0.05, 0) is 76.1 Å².